The Balaban J connectivity index is 1.32. The number of amides is 2. The second kappa shape index (κ2) is 9.17. The molecule has 2 amide bonds. The van der Waals surface area contributed by atoms with Gasteiger partial charge < -0.3 is 15.5 Å². The lowest BCUT2D eigenvalue weighted by molar-refractivity contribution is -0.136. The quantitative estimate of drug-likeness (QED) is 0.608. The van der Waals surface area contributed by atoms with Gasteiger partial charge in [0, 0.05) is 18.8 Å². The summed E-state index contributed by atoms with van der Waals surface area (Å²) in [6.45, 7) is 6.34. The number of unbranched alkanes of at least 4 members (excludes halogenated alkanes) is 1. The van der Waals surface area contributed by atoms with Gasteiger partial charge in [-0.25, -0.2) is 0 Å². The van der Waals surface area contributed by atoms with Gasteiger partial charge in [-0.05, 0) is 87.2 Å². The molecule has 1 atom stereocenters. The molecule has 5 nitrogen and oxygen atoms in total. The van der Waals surface area contributed by atoms with E-state index in [2.05, 4.69) is 28.5 Å². The number of nitrogens with one attached hydrogen (secondary N) is 2. The number of carbonyl (C=O) groups excluding carboxylic acids is 2. The van der Waals surface area contributed by atoms with Gasteiger partial charge in [-0.1, -0.05) is 13.0 Å². The second-order valence-electron chi connectivity index (χ2n) is 7.80. The Morgan fingerprint density at radius 3 is 2.81 bits per heavy atom. The van der Waals surface area contributed by atoms with E-state index < -0.39 is 11.8 Å². The molecule has 0 spiro atoms. The lowest BCUT2D eigenvalue weighted by atomic mass is 10.0. The number of hydrogen-bond donors (Lipinski definition) is 2. The van der Waals surface area contributed by atoms with E-state index in [-0.39, 0.29) is 0 Å². The fraction of sp³-hybridized carbons (Fsp3) is 0.619. The van der Waals surface area contributed by atoms with E-state index in [1.165, 1.54) is 43.5 Å². The van der Waals surface area contributed by atoms with Crippen LogP contribution in [0.15, 0.2) is 18.2 Å². The summed E-state index contributed by atoms with van der Waals surface area (Å²) in [5.74, 6) is -0.323. The van der Waals surface area contributed by atoms with E-state index in [0.29, 0.717) is 12.2 Å². The van der Waals surface area contributed by atoms with Crippen molar-refractivity contribution in [3.8, 4) is 0 Å². The molecule has 1 aromatic carbocycles. The highest BCUT2D eigenvalue weighted by Crippen LogP contribution is 2.24. The number of piperidine rings is 1. The van der Waals surface area contributed by atoms with Crippen LogP contribution in [-0.2, 0) is 22.4 Å². The van der Waals surface area contributed by atoms with Crippen molar-refractivity contribution in [1.82, 2.24) is 10.2 Å². The molecule has 2 aliphatic rings. The van der Waals surface area contributed by atoms with Gasteiger partial charge in [-0.2, -0.15) is 0 Å². The third-order valence-corrected chi connectivity index (χ3v) is 5.49. The van der Waals surface area contributed by atoms with Gasteiger partial charge in [0.15, 0.2) is 0 Å². The Bertz CT molecular complexity index is 644. The van der Waals surface area contributed by atoms with E-state index in [1.54, 1.807) is 0 Å². The van der Waals surface area contributed by atoms with E-state index >= 15 is 0 Å². The molecule has 1 aliphatic heterocycles. The van der Waals surface area contributed by atoms with E-state index in [4.69, 9.17) is 0 Å². The van der Waals surface area contributed by atoms with Crippen LogP contribution in [-0.4, -0.2) is 42.9 Å². The zero-order valence-electron chi connectivity index (χ0n) is 15.9. The molecule has 142 valence electrons. The predicted octanol–water partition coefficient (Wildman–Crippen LogP) is 2.74. The smallest absolute Gasteiger partial charge is 0.313 e. The van der Waals surface area contributed by atoms with Crippen LogP contribution in [0, 0.1) is 5.92 Å². The number of carbonyl (C=O) groups is 2. The van der Waals surface area contributed by atoms with Crippen molar-refractivity contribution in [2.45, 2.75) is 51.9 Å². The lowest BCUT2D eigenvalue weighted by Gasteiger charge is -2.30. The number of hydrogen-bond acceptors (Lipinski definition) is 3. The van der Waals surface area contributed by atoms with E-state index in [0.717, 1.165) is 38.1 Å². The zero-order valence-corrected chi connectivity index (χ0v) is 15.9. The Morgan fingerprint density at radius 1 is 1.12 bits per heavy atom. The van der Waals surface area contributed by atoms with Gasteiger partial charge in [0.05, 0.1) is 0 Å². The van der Waals surface area contributed by atoms with Crippen LogP contribution in [0.3, 0.4) is 0 Å². The molecule has 5 heteroatoms. The molecule has 0 aromatic heterocycles. The maximum Gasteiger partial charge on any atom is 0.313 e. The Kier molecular flexibility index (Phi) is 6.67. The van der Waals surface area contributed by atoms with Crippen LogP contribution in [0.25, 0.3) is 0 Å². The molecule has 1 heterocycles. The Morgan fingerprint density at radius 2 is 1.96 bits per heavy atom. The number of fused-ring (bicyclic) bond motifs is 1. The molecule has 26 heavy (non-hydrogen) atoms. The van der Waals surface area contributed by atoms with Crippen molar-refractivity contribution in [1.29, 1.82) is 0 Å². The fourth-order valence-electron chi connectivity index (χ4n) is 4.07. The largest absolute Gasteiger partial charge is 0.348 e. The molecule has 0 bridgehead atoms. The molecule has 3 rings (SSSR count). The SMILES string of the molecule is CC1CCCN(CCCCNC(=O)C(=O)Nc2ccc3c(c2)CCC3)C1. The number of nitrogens with zero attached hydrogens (tertiary/aromatic N) is 1. The second-order valence-corrected chi connectivity index (χ2v) is 7.80. The summed E-state index contributed by atoms with van der Waals surface area (Å²) in [5, 5.41) is 5.44. The summed E-state index contributed by atoms with van der Waals surface area (Å²) in [6.07, 6.45) is 7.93. The van der Waals surface area contributed by atoms with Gasteiger partial charge in [0.2, 0.25) is 0 Å². The first-order valence-electron chi connectivity index (χ1n) is 10.0. The first-order valence-corrected chi connectivity index (χ1v) is 10.0. The van der Waals surface area contributed by atoms with Crippen molar-refractivity contribution >= 4 is 17.5 Å². The normalized spacial score (nSPS) is 19.8. The third-order valence-electron chi connectivity index (χ3n) is 5.49. The summed E-state index contributed by atoms with van der Waals surface area (Å²) in [6, 6.07) is 5.93. The van der Waals surface area contributed by atoms with Crippen molar-refractivity contribution in [2.24, 2.45) is 5.92 Å². The number of aryl methyl sites for hydroxylation is 2. The van der Waals surface area contributed by atoms with Crippen LogP contribution in [0.4, 0.5) is 5.69 Å². The monoisotopic (exact) mass is 357 g/mol. The van der Waals surface area contributed by atoms with Crippen LogP contribution in [0.5, 0.6) is 0 Å². The minimum atomic E-state index is -0.576. The number of anilines is 1. The van der Waals surface area contributed by atoms with Crippen LogP contribution in [0.1, 0.15) is 50.2 Å². The van der Waals surface area contributed by atoms with Crippen LogP contribution >= 0.6 is 0 Å². The molecule has 1 saturated heterocycles. The molecule has 1 fully saturated rings. The number of rotatable bonds is 6. The molecular formula is C21H31N3O2. The molecule has 1 unspecified atom stereocenters. The molecule has 0 saturated carbocycles. The van der Waals surface area contributed by atoms with Crippen molar-refractivity contribution < 1.29 is 9.59 Å². The average Bonchev–Trinajstić information content (AvgIpc) is 3.09. The summed E-state index contributed by atoms with van der Waals surface area (Å²) >= 11 is 0. The average molecular weight is 357 g/mol. The first kappa shape index (κ1) is 18.9. The Labute approximate surface area is 156 Å². The van der Waals surface area contributed by atoms with Gasteiger partial charge >= 0.3 is 11.8 Å². The van der Waals surface area contributed by atoms with Crippen LogP contribution < -0.4 is 10.6 Å². The zero-order chi connectivity index (χ0) is 18.4. The molecule has 0 radical (unpaired) electrons. The molecule has 1 aromatic rings. The van der Waals surface area contributed by atoms with Gasteiger partial charge in [0.1, 0.15) is 0 Å². The van der Waals surface area contributed by atoms with Gasteiger partial charge in [-0.15, -0.1) is 0 Å². The lowest BCUT2D eigenvalue weighted by Crippen LogP contribution is -2.37. The molecule has 2 N–H and O–H groups in total. The standard InChI is InChI=1S/C21H31N3O2/c1-16-6-5-13-24(15-16)12-3-2-11-22-20(25)21(26)23-19-10-9-17-7-4-8-18(17)14-19/h9-10,14,16H,2-8,11-13,15H2,1H3,(H,22,25)(H,23,26). The highest BCUT2D eigenvalue weighted by molar-refractivity contribution is 6.39. The molecule has 1 aliphatic carbocycles. The topological polar surface area (TPSA) is 61.4 Å². The van der Waals surface area contributed by atoms with Crippen molar-refractivity contribution in [3.05, 3.63) is 29.3 Å². The van der Waals surface area contributed by atoms with Crippen molar-refractivity contribution in [3.63, 3.8) is 0 Å². The predicted molar refractivity (Wildman–Crippen MR) is 104 cm³/mol. The summed E-state index contributed by atoms with van der Waals surface area (Å²) in [7, 11) is 0. The number of benzene rings is 1. The maximum atomic E-state index is 12.0. The minimum absolute atomic E-state index is 0.544. The fourth-order valence-corrected chi connectivity index (χ4v) is 4.07. The number of likely N-dealkylation sites (tertiary alicyclic amines) is 1. The third kappa shape index (κ3) is 5.31. The first-order chi connectivity index (χ1) is 12.6. The maximum absolute atomic E-state index is 12.0. The summed E-state index contributed by atoms with van der Waals surface area (Å²) in [5.41, 5.74) is 3.36. The van der Waals surface area contributed by atoms with Crippen LogP contribution in [0.2, 0.25) is 0 Å². The molecular weight excluding hydrogens is 326 g/mol. The van der Waals surface area contributed by atoms with Crippen molar-refractivity contribution in [2.75, 3.05) is 31.5 Å². The van der Waals surface area contributed by atoms with Gasteiger partial charge in [-0.3, -0.25) is 9.59 Å². The Hall–Kier alpha value is -1.88. The summed E-state index contributed by atoms with van der Waals surface area (Å²) in [4.78, 5) is 26.5. The van der Waals surface area contributed by atoms with Gasteiger partial charge in [0.25, 0.3) is 0 Å². The highest BCUT2D eigenvalue weighted by atomic mass is 16.2. The minimum Gasteiger partial charge on any atom is -0.348 e. The highest BCUT2D eigenvalue weighted by Gasteiger charge is 2.17. The van der Waals surface area contributed by atoms with E-state index in [1.807, 2.05) is 12.1 Å². The summed E-state index contributed by atoms with van der Waals surface area (Å²) < 4.78 is 0. The van der Waals surface area contributed by atoms with E-state index in [9.17, 15) is 9.59 Å².